The molecule has 2 aromatic rings. The van der Waals surface area contributed by atoms with E-state index in [4.69, 9.17) is 4.74 Å². The van der Waals surface area contributed by atoms with Crippen molar-refractivity contribution in [3.63, 3.8) is 0 Å². The van der Waals surface area contributed by atoms with Crippen molar-refractivity contribution in [3.8, 4) is 5.75 Å². The Morgan fingerprint density at radius 2 is 2.42 bits per heavy atom. The highest BCUT2D eigenvalue weighted by atomic mass is 32.2. The van der Waals surface area contributed by atoms with Crippen LogP contribution in [0.1, 0.15) is 15.9 Å². The number of rotatable bonds is 4. The summed E-state index contributed by atoms with van der Waals surface area (Å²) in [5.74, 6) is 1.37. The predicted molar refractivity (Wildman–Crippen MR) is 71.7 cm³/mol. The van der Waals surface area contributed by atoms with E-state index in [9.17, 15) is 4.79 Å². The largest absolute Gasteiger partial charge is 0.493 e. The number of ether oxygens (including phenoxy) is 1. The molecule has 5 nitrogen and oxygen atoms in total. The maximum atomic E-state index is 12.1. The summed E-state index contributed by atoms with van der Waals surface area (Å²) in [5.41, 5.74) is 1.86. The van der Waals surface area contributed by atoms with Gasteiger partial charge >= 0.3 is 0 Å². The molecule has 0 saturated heterocycles. The Bertz CT molecular complexity index is 624. The Morgan fingerprint density at radius 1 is 1.53 bits per heavy atom. The van der Waals surface area contributed by atoms with Gasteiger partial charge in [-0.3, -0.25) is 4.79 Å². The van der Waals surface area contributed by atoms with Crippen LogP contribution in [-0.2, 0) is 13.5 Å². The van der Waals surface area contributed by atoms with Gasteiger partial charge in [0.05, 0.1) is 12.4 Å². The lowest BCUT2D eigenvalue weighted by Gasteiger charge is -2.03. The monoisotopic (exact) mass is 275 g/mol. The van der Waals surface area contributed by atoms with Gasteiger partial charge in [-0.2, -0.15) is 0 Å². The number of benzene rings is 1. The van der Waals surface area contributed by atoms with Crippen LogP contribution in [0.25, 0.3) is 0 Å². The van der Waals surface area contributed by atoms with Crippen LogP contribution in [0, 0.1) is 0 Å². The molecule has 0 N–H and O–H groups in total. The Balaban J connectivity index is 1.69. The van der Waals surface area contributed by atoms with Crippen molar-refractivity contribution in [1.29, 1.82) is 0 Å². The van der Waals surface area contributed by atoms with Gasteiger partial charge in [-0.25, -0.2) is 0 Å². The summed E-state index contributed by atoms with van der Waals surface area (Å²) in [5, 5.41) is 8.47. The van der Waals surface area contributed by atoms with E-state index in [-0.39, 0.29) is 5.78 Å². The van der Waals surface area contributed by atoms with Crippen LogP contribution >= 0.6 is 11.8 Å². The molecule has 98 valence electrons. The number of carbonyl (C=O) groups is 1. The van der Waals surface area contributed by atoms with Gasteiger partial charge in [-0.1, -0.05) is 11.8 Å². The van der Waals surface area contributed by atoms with E-state index in [1.807, 2.05) is 25.2 Å². The minimum absolute atomic E-state index is 0.0997. The van der Waals surface area contributed by atoms with Crippen molar-refractivity contribution in [2.75, 3.05) is 12.4 Å². The zero-order chi connectivity index (χ0) is 13.2. The van der Waals surface area contributed by atoms with E-state index in [1.54, 1.807) is 10.9 Å². The number of hydrogen-bond donors (Lipinski definition) is 0. The van der Waals surface area contributed by atoms with Crippen molar-refractivity contribution >= 4 is 17.5 Å². The van der Waals surface area contributed by atoms with Gasteiger partial charge in [-0.15, -0.1) is 10.2 Å². The third kappa shape index (κ3) is 2.49. The molecule has 0 aliphatic carbocycles. The molecule has 19 heavy (non-hydrogen) atoms. The zero-order valence-corrected chi connectivity index (χ0v) is 11.3. The average Bonchev–Trinajstić information content (AvgIpc) is 3.03. The topological polar surface area (TPSA) is 57.0 Å². The van der Waals surface area contributed by atoms with Gasteiger partial charge in [0, 0.05) is 19.0 Å². The van der Waals surface area contributed by atoms with Gasteiger partial charge in [0.1, 0.15) is 12.1 Å². The van der Waals surface area contributed by atoms with Crippen LogP contribution in [0.15, 0.2) is 29.7 Å². The second-order valence-electron chi connectivity index (χ2n) is 4.36. The molecule has 0 bridgehead atoms. The number of nitrogens with zero attached hydrogens (tertiary/aromatic N) is 3. The van der Waals surface area contributed by atoms with Crippen molar-refractivity contribution in [2.45, 2.75) is 11.6 Å². The average molecular weight is 275 g/mol. The second kappa shape index (κ2) is 5.05. The maximum Gasteiger partial charge on any atom is 0.191 e. The maximum absolute atomic E-state index is 12.1. The van der Waals surface area contributed by atoms with Crippen LogP contribution in [0.4, 0.5) is 0 Å². The highest BCUT2D eigenvalue weighted by Crippen LogP contribution is 2.26. The van der Waals surface area contributed by atoms with Crippen LogP contribution in [0.3, 0.4) is 0 Å². The number of thioether (sulfide) groups is 1. The van der Waals surface area contributed by atoms with Crippen molar-refractivity contribution in [2.24, 2.45) is 7.05 Å². The molecule has 0 saturated carbocycles. The SMILES string of the molecule is Cn1cnnc1SCC(=O)c1ccc2c(c1)CCO2. The number of aryl methyl sites for hydroxylation is 1. The van der Waals surface area contributed by atoms with E-state index in [1.165, 1.54) is 11.8 Å². The normalized spacial score (nSPS) is 13.1. The summed E-state index contributed by atoms with van der Waals surface area (Å²) in [6, 6.07) is 5.63. The summed E-state index contributed by atoms with van der Waals surface area (Å²) >= 11 is 1.40. The summed E-state index contributed by atoms with van der Waals surface area (Å²) in [6.45, 7) is 0.709. The first-order chi connectivity index (χ1) is 9.24. The summed E-state index contributed by atoms with van der Waals surface area (Å²) in [4.78, 5) is 12.1. The molecule has 1 aliphatic rings. The van der Waals surface area contributed by atoms with E-state index < -0.39 is 0 Å². The molecule has 2 heterocycles. The lowest BCUT2D eigenvalue weighted by atomic mass is 10.1. The fourth-order valence-electron chi connectivity index (χ4n) is 1.98. The van der Waals surface area contributed by atoms with Gasteiger partial charge in [0.25, 0.3) is 0 Å². The number of Topliss-reactive ketones (excluding diaryl/α,β-unsaturated/α-hetero) is 1. The Labute approximate surface area is 115 Å². The van der Waals surface area contributed by atoms with E-state index in [2.05, 4.69) is 10.2 Å². The van der Waals surface area contributed by atoms with Crippen molar-refractivity contribution in [3.05, 3.63) is 35.7 Å². The molecule has 0 spiro atoms. The fourth-order valence-corrected chi connectivity index (χ4v) is 2.76. The summed E-state index contributed by atoms with van der Waals surface area (Å²) in [6.07, 6.45) is 2.51. The molecule has 0 amide bonds. The van der Waals surface area contributed by atoms with Gasteiger partial charge in [0.15, 0.2) is 10.9 Å². The minimum Gasteiger partial charge on any atom is -0.493 e. The van der Waals surface area contributed by atoms with Crippen molar-refractivity contribution < 1.29 is 9.53 Å². The Hall–Kier alpha value is -1.82. The number of carbonyl (C=O) groups excluding carboxylic acids is 1. The van der Waals surface area contributed by atoms with Crippen LogP contribution < -0.4 is 4.74 Å². The molecule has 0 unspecified atom stereocenters. The Morgan fingerprint density at radius 3 is 3.21 bits per heavy atom. The smallest absolute Gasteiger partial charge is 0.191 e. The predicted octanol–water partition coefficient (Wildman–Crippen LogP) is 1.72. The minimum atomic E-state index is 0.0997. The quantitative estimate of drug-likeness (QED) is 0.628. The first kappa shape index (κ1) is 12.2. The number of fused-ring (bicyclic) bond motifs is 1. The lowest BCUT2D eigenvalue weighted by Crippen LogP contribution is -2.04. The first-order valence-corrected chi connectivity index (χ1v) is 6.98. The highest BCUT2D eigenvalue weighted by molar-refractivity contribution is 7.99. The molecular formula is C13H13N3O2S. The molecule has 0 radical (unpaired) electrons. The van der Waals surface area contributed by atoms with Gasteiger partial charge in [-0.05, 0) is 23.8 Å². The van der Waals surface area contributed by atoms with Gasteiger partial charge in [0.2, 0.25) is 0 Å². The summed E-state index contributed by atoms with van der Waals surface area (Å²) < 4.78 is 7.23. The van der Waals surface area contributed by atoms with Crippen LogP contribution in [0.5, 0.6) is 5.75 Å². The fraction of sp³-hybridized carbons (Fsp3) is 0.308. The molecule has 3 rings (SSSR count). The standard InChI is InChI=1S/C13H13N3O2S/c1-16-8-14-15-13(16)19-7-11(17)9-2-3-12-10(6-9)4-5-18-12/h2-3,6,8H,4-5,7H2,1H3. The molecule has 1 aliphatic heterocycles. The van der Waals surface area contributed by atoms with Crippen LogP contribution in [-0.4, -0.2) is 32.9 Å². The van der Waals surface area contributed by atoms with E-state index >= 15 is 0 Å². The number of aromatic nitrogens is 3. The number of ketones is 1. The molecule has 1 aromatic heterocycles. The summed E-state index contributed by atoms with van der Waals surface area (Å²) in [7, 11) is 1.86. The number of hydrogen-bond acceptors (Lipinski definition) is 5. The third-order valence-corrected chi connectivity index (χ3v) is 4.05. The van der Waals surface area contributed by atoms with Crippen molar-refractivity contribution in [1.82, 2.24) is 14.8 Å². The second-order valence-corrected chi connectivity index (χ2v) is 5.30. The lowest BCUT2D eigenvalue weighted by molar-refractivity contribution is 0.102. The molecule has 6 heteroatoms. The molecule has 1 aromatic carbocycles. The zero-order valence-electron chi connectivity index (χ0n) is 10.5. The third-order valence-electron chi connectivity index (χ3n) is 3.01. The Kier molecular flexibility index (Phi) is 3.25. The first-order valence-electron chi connectivity index (χ1n) is 6.00. The molecule has 0 fully saturated rings. The van der Waals surface area contributed by atoms with E-state index in [0.29, 0.717) is 12.4 Å². The molecular weight excluding hydrogens is 262 g/mol. The van der Waals surface area contributed by atoms with Gasteiger partial charge < -0.3 is 9.30 Å². The highest BCUT2D eigenvalue weighted by Gasteiger charge is 2.15. The van der Waals surface area contributed by atoms with Crippen LogP contribution in [0.2, 0.25) is 0 Å². The molecule has 0 atom stereocenters. The van der Waals surface area contributed by atoms with E-state index in [0.717, 1.165) is 28.5 Å².